The average Bonchev–Trinajstić information content (AvgIpc) is 2.55. The van der Waals surface area contributed by atoms with Gasteiger partial charge in [-0.25, -0.2) is 0 Å². The van der Waals surface area contributed by atoms with E-state index in [0.717, 1.165) is 11.3 Å². The van der Waals surface area contributed by atoms with E-state index >= 15 is 0 Å². The van der Waals surface area contributed by atoms with Crippen molar-refractivity contribution < 1.29 is 9.84 Å². The van der Waals surface area contributed by atoms with Crippen molar-refractivity contribution >= 4 is 0 Å². The zero-order chi connectivity index (χ0) is 15.9. The highest BCUT2D eigenvalue weighted by atomic mass is 16.5. The Bertz CT molecular complexity index is 580. The minimum Gasteiger partial charge on any atom is -0.494 e. The lowest BCUT2D eigenvalue weighted by atomic mass is 10.0. The molecule has 0 aliphatic heterocycles. The SMILES string of the molecule is CCOc1ccc(C(C)NC(C)c2cccc(CO)c2)cc1. The molecule has 2 N–H and O–H groups in total. The first-order valence-corrected chi connectivity index (χ1v) is 7.82. The normalized spacial score (nSPS) is 13.6. The summed E-state index contributed by atoms with van der Waals surface area (Å²) in [4.78, 5) is 0. The Morgan fingerprint density at radius 2 is 1.68 bits per heavy atom. The van der Waals surface area contributed by atoms with Gasteiger partial charge in [0.15, 0.2) is 0 Å². The molecule has 0 saturated carbocycles. The van der Waals surface area contributed by atoms with Gasteiger partial charge in [-0.3, -0.25) is 0 Å². The Morgan fingerprint density at radius 3 is 2.32 bits per heavy atom. The van der Waals surface area contributed by atoms with E-state index in [1.165, 1.54) is 11.1 Å². The highest BCUT2D eigenvalue weighted by Crippen LogP contribution is 2.22. The quantitative estimate of drug-likeness (QED) is 0.812. The second-order valence-corrected chi connectivity index (χ2v) is 5.52. The zero-order valence-electron chi connectivity index (χ0n) is 13.5. The third-order valence-corrected chi connectivity index (χ3v) is 3.82. The summed E-state index contributed by atoms with van der Waals surface area (Å²) in [6.07, 6.45) is 0. The summed E-state index contributed by atoms with van der Waals surface area (Å²) in [6, 6.07) is 16.7. The summed E-state index contributed by atoms with van der Waals surface area (Å²) in [5.41, 5.74) is 3.36. The number of hydrogen-bond donors (Lipinski definition) is 2. The first-order chi connectivity index (χ1) is 10.6. The van der Waals surface area contributed by atoms with Gasteiger partial charge in [0.05, 0.1) is 13.2 Å². The number of benzene rings is 2. The lowest BCUT2D eigenvalue weighted by Gasteiger charge is -2.21. The largest absolute Gasteiger partial charge is 0.494 e. The van der Waals surface area contributed by atoms with Crippen LogP contribution in [0.2, 0.25) is 0 Å². The van der Waals surface area contributed by atoms with Crippen molar-refractivity contribution in [2.75, 3.05) is 6.61 Å². The van der Waals surface area contributed by atoms with E-state index in [4.69, 9.17) is 4.74 Å². The van der Waals surface area contributed by atoms with E-state index < -0.39 is 0 Å². The molecule has 3 nitrogen and oxygen atoms in total. The molecular formula is C19H25NO2. The van der Waals surface area contributed by atoms with Crippen LogP contribution in [0.5, 0.6) is 5.75 Å². The highest BCUT2D eigenvalue weighted by molar-refractivity contribution is 5.30. The van der Waals surface area contributed by atoms with Crippen molar-refractivity contribution in [3.8, 4) is 5.75 Å². The molecule has 2 atom stereocenters. The van der Waals surface area contributed by atoms with Crippen molar-refractivity contribution in [1.29, 1.82) is 0 Å². The Balaban J connectivity index is 2.02. The molecule has 0 amide bonds. The number of aliphatic hydroxyl groups is 1. The summed E-state index contributed by atoms with van der Waals surface area (Å²) in [6.45, 7) is 7.05. The molecular weight excluding hydrogens is 274 g/mol. The molecule has 0 aliphatic rings. The number of hydrogen-bond acceptors (Lipinski definition) is 3. The molecule has 2 unspecified atom stereocenters. The second kappa shape index (κ2) is 7.97. The minimum absolute atomic E-state index is 0.0784. The fourth-order valence-electron chi connectivity index (χ4n) is 2.55. The molecule has 0 aliphatic carbocycles. The van der Waals surface area contributed by atoms with Crippen LogP contribution >= 0.6 is 0 Å². The van der Waals surface area contributed by atoms with Crippen LogP contribution in [0.25, 0.3) is 0 Å². The van der Waals surface area contributed by atoms with E-state index in [0.29, 0.717) is 6.61 Å². The maximum atomic E-state index is 9.24. The lowest BCUT2D eigenvalue weighted by Crippen LogP contribution is -2.22. The van der Waals surface area contributed by atoms with Gasteiger partial charge in [-0.2, -0.15) is 0 Å². The zero-order valence-corrected chi connectivity index (χ0v) is 13.5. The Hall–Kier alpha value is -1.84. The van der Waals surface area contributed by atoms with E-state index in [9.17, 15) is 5.11 Å². The van der Waals surface area contributed by atoms with Crippen LogP contribution in [-0.2, 0) is 6.61 Å². The van der Waals surface area contributed by atoms with Crippen LogP contribution in [0.1, 0.15) is 49.5 Å². The summed E-state index contributed by atoms with van der Waals surface area (Å²) in [7, 11) is 0. The maximum Gasteiger partial charge on any atom is 0.119 e. The van der Waals surface area contributed by atoms with Crippen LogP contribution in [0.3, 0.4) is 0 Å². The monoisotopic (exact) mass is 299 g/mol. The van der Waals surface area contributed by atoms with E-state index in [-0.39, 0.29) is 18.7 Å². The number of aliphatic hydroxyl groups excluding tert-OH is 1. The van der Waals surface area contributed by atoms with Gasteiger partial charge in [0, 0.05) is 12.1 Å². The van der Waals surface area contributed by atoms with Gasteiger partial charge >= 0.3 is 0 Å². The third-order valence-electron chi connectivity index (χ3n) is 3.82. The molecule has 0 aromatic heterocycles. The Labute approximate surface area is 133 Å². The standard InChI is InChI=1S/C19H25NO2/c1-4-22-19-10-8-17(9-11-19)14(2)20-15(3)18-7-5-6-16(12-18)13-21/h5-12,14-15,20-21H,4,13H2,1-3H3. The molecule has 0 bridgehead atoms. The molecule has 0 spiro atoms. The van der Waals surface area contributed by atoms with Gasteiger partial charge < -0.3 is 15.2 Å². The molecule has 2 aromatic carbocycles. The van der Waals surface area contributed by atoms with Gasteiger partial charge in [0.1, 0.15) is 5.75 Å². The topological polar surface area (TPSA) is 41.5 Å². The van der Waals surface area contributed by atoms with E-state index in [1.807, 2.05) is 37.3 Å². The van der Waals surface area contributed by atoms with Gasteiger partial charge in [-0.15, -0.1) is 0 Å². The minimum atomic E-state index is 0.0784. The van der Waals surface area contributed by atoms with E-state index in [1.54, 1.807) is 0 Å². The summed E-state index contributed by atoms with van der Waals surface area (Å²) >= 11 is 0. The fourth-order valence-corrected chi connectivity index (χ4v) is 2.55. The lowest BCUT2D eigenvalue weighted by molar-refractivity contribution is 0.281. The van der Waals surface area contributed by atoms with Crippen LogP contribution in [-0.4, -0.2) is 11.7 Å². The average molecular weight is 299 g/mol. The summed E-state index contributed by atoms with van der Waals surface area (Å²) < 4.78 is 5.47. The summed E-state index contributed by atoms with van der Waals surface area (Å²) in [5.74, 6) is 0.905. The molecule has 22 heavy (non-hydrogen) atoms. The second-order valence-electron chi connectivity index (χ2n) is 5.52. The van der Waals surface area contributed by atoms with Crippen LogP contribution in [0, 0.1) is 0 Å². The first-order valence-electron chi connectivity index (χ1n) is 7.82. The van der Waals surface area contributed by atoms with Crippen LogP contribution in [0.15, 0.2) is 48.5 Å². The highest BCUT2D eigenvalue weighted by Gasteiger charge is 2.11. The molecule has 3 heteroatoms. The smallest absolute Gasteiger partial charge is 0.119 e. The number of nitrogens with one attached hydrogen (secondary N) is 1. The predicted molar refractivity (Wildman–Crippen MR) is 89.9 cm³/mol. The van der Waals surface area contributed by atoms with Gasteiger partial charge in [-0.1, -0.05) is 36.4 Å². The van der Waals surface area contributed by atoms with Crippen molar-refractivity contribution in [2.24, 2.45) is 0 Å². The number of rotatable bonds is 7. The Morgan fingerprint density at radius 1 is 1.00 bits per heavy atom. The van der Waals surface area contributed by atoms with Crippen LogP contribution < -0.4 is 10.1 Å². The van der Waals surface area contributed by atoms with Gasteiger partial charge in [0.25, 0.3) is 0 Å². The summed E-state index contributed by atoms with van der Waals surface area (Å²) in [5, 5.41) is 12.8. The molecule has 0 fully saturated rings. The molecule has 2 aromatic rings. The first kappa shape index (κ1) is 16.5. The maximum absolute atomic E-state index is 9.24. The van der Waals surface area contributed by atoms with Crippen molar-refractivity contribution in [3.63, 3.8) is 0 Å². The third kappa shape index (κ3) is 4.33. The Kier molecular flexibility index (Phi) is 5.99. The van der Waals surface area contributed by atoms with Crippen molar-refractivity contribution in [3.05, 3.63) is 65.2 Å². The van der Waals surface area contributed by atoms with Gasteiger partial charge in [-0.05, 0) is 49.6 Å². The van der Waals surface area contributed by atoms with Crippen LogP contribution in [0.4, 0.5) is 0 Å². The van der Waals surface area contributed by atoms with Gasteiger partial charge in [0.2, 0.25) is 0 Å². The number of ether oxygens (including phenoxy) is 1. The molecule has 0 radical (unpaired) electrons. The molecule has 2 rings (SSSR count). The molecule has 0 heterocycles. The predicted octanol–water partition coefficient (Wildman–Crippen LogP) is 3.99. The van der Waals surface area contributed by atoms with Crippen molar-refractivity contribution in [1.82, 2.24) is 5.32 Å². The van der Waals surface area contributed by atoms with Crippen molar-refractivity contribution in [2.45, 2.75) is 39.5 Å². The van der Waals surface area contributed by atoms with E-state index in [2.05, 4.69) is 37.4 Å². The molecule has 0 saturated heterocycles. The molecule has 118 valence electrons. The fraction of sp³-hybridized carbons (Fsp3) is 0.368.